The number of para-hydroxylation sites is 1. The Hall–Kier alpha value is -6.99. The van der Waals surface area contributed by atoms with Gasteiger partial charge in [0.2, 0.25) is 0 Å². The van der Waals surface area contributed by atoms with Gasteiger partial charge in [-0.1, -0.05) is 140 Å². The van der Waals surface area contributed by atoms with E-state index in [0.29, 0.717) is 17.5 Å². The average Bonchev–Trinajstić information content (AvgIpc) is 3.98. The summed E-state index contributed by atoms with van der Waals surface area (Å²) in [6.07, 6.45) is 0. The second-order valence-electron chi connectivity index (χ2n) is 14.3. The molecule has 4 nitrogen and oxygen atoms in total. The molecule has 0 aliphatic rings. The SMILES string of the molecule is c1ccc(-c2nc(-c3ccccc3)nc(-c3cccc4c3oc3cc(-c5ccc(-c6cccc7sc8ccccc8c67)c6sc7ccccc7c56)ccc34)n2)cc1. The van der Waals surface area contributed by atoms with Crippen LogP contribution in [0.4, 0.5) is 0 Å². The molecule has 4 aromatic heterocycles. The largest absolute Gasteiger partial charge is 0.455 e. The number of thiophene rings is 2. The van der Waals surface area contributed by atoms with Crippen molar-refractivity contribution in [1.82, 2.24) is 15.0 Å². The van der Waals surface area contributed by atoms with Crippen molar-refractivity contribution in [2.24, 2.45) is 0 Å². The number of nitrogens with zero attached hydrogens (tertiary/aromatic N) is 3. The van der Waals surface area contributed by atoms with Gasteiger partial charge in [-0.25, -0.2) is 15.0 Å². The van der Waals surface area contributed by atoms with Gasteiger partial charge in [0, 0.05) is 67.8 Å². The van der Waals surface area contributed by atoms with Gasteiger partial charge in [-0.05, 0) is 53.1 Å². The molecule has 0 amide bonds. The Bertz CT molecular complexity index is 3470. The molecule has 0 saturated heterocycles. The molecule has 0 atom stereocenters. The van der Waals surface area contributed by atoms with Gasteiger partial charge < -0.3 is 4.42 Å². The standard InChI is InChI=1S/C51H29N3OS2/c1-3-13-30(14-4-1)49-52-50(31-15-5-2-6-16-31)54-51(53-49)40-21-11-20-36-34-26-25-32(29-41(34)55-47(36)40)33-27-28-37(48-46(33)39-18-8-10-23-43(39)57-48)35-19-12-24-44-45(35)38-17-7-9-22-42(38)56-44/h1-29H. The highest BCUT2D eigenvalue weighted by atomic mass is 32.1. The predicted molar refractivity (Wildman–Crippen MR) is 240 cm³/mol. The van der Waals surface area contributed by atoms with Crippen LogP contribution in [0.2, 0.25) is 0 Å². The van der Waals surface area contributed by atoms with E-state index in [4.69, 9.17) is 19.4 Å². The smallest absolute Gasteiger partial charge is 0.167 e. The minimum Gasteiger partial charge on any atom is -0.455 e. The summed E-state index contributed by atoms with van der Waals surface area (Å²) in [5.41, 5.74) is 9.10. The molecule has 0 radical (unpaired) electrons. The molecule has 0 aliphatic carbocycles. The van der Waals surface area contributed by atoms with Crippen molar-refractivity contribution >= 4 is 85.0 Å². The third-order valence-corrected chi connectivity index (χ3v) is 13.3. The molecule has 12 rings (SSSR count). The molecular formula is C51H29N3OS2. The Morgan fingerprint density at radius 1 is 0.351 bits per heavy atom. The topological polar surface area (TPSA) is 51.8 Å². The third kappa shape index (κ3) is 5.15. The number of furan rings is 1. The minimum atomic E-state index is 0.572. The normalized spacial score (nSPS) is 11.9. The van der Waals surface area contributed by atoms with Gasteiger partial charge in [-0.2, -0.15) is 0 Å². The molecule has 8 aromatic carbocycles. The zero-order valence-corrected chi connectivity index (χ0v) is 31.9. The Balaban J connectivity index is 1.04. The van der Waals surface area contributed by atoms with Crippen molar-refractivity contribution in [3.05, 3.63) is 176 Å². The molecule has 6 heteroatoms. The Morgan fingerprint density at radius 3 is 1.68 bits per heavy atom. The van der Waals surface area contributed by atoms with Crippen LogP contribution in [0.3, 0.4) is 0 Å². The Labute approximate surface area is 335 Å². The fraction of sp³-hybridized carbons (Fsp3) is 0. The number of benzene rings is 8. The van der Waals surface area contributed by atoms with E-state index < -0.39 is 0 Å². The van der Waals surface area contributed by atoms with Gasteiger partial charge >= 0.3 is 0 Å². The Kier molecular flexibility index (Phi) is 7.24. The van der Waals surface area contributed by atoms with Crippen LogP contribution in [0.25, 0.3) is 119 Å². The van der Waals surface area contributed by atoms with Crippen molar-refractivity contribution in [3.8, 4) is 56.4 Å². The van der Waals surface area contributed by atoms with E-state index in [2.05, 4.69) is 109 Å². The molecule has 12 aromatic rings. The molecule has 0 bridgehead atoms. The number of hydrogen-bond donors (Lipinski definition) is 0. The lowest BCUT2D eigenvalue weighted by atomic mass is 9.93. The van der Waals surface area contributed by atoms with Crippen LogP contribution in [-0.4, -0.2) is 15.0 Å². The summed E-state index contributed by atoms with van der Waals surface area (Å²) in [6, 6.07) is 61.9. The van der Waals surface area contributed by atoms with Crippen LogP contribution in [0.1, 0.15) is 0 Å². The van der Waals surface area contributed by atoms with Gasteiger partial charge in [-0.3, -0.25) is 0 Å². The lowest BCUT2D eigenvalue weighted by molar-refractivity contribution is 0.669. The molecule has 0 unspecified atom stereocenters. The maximum Gasteiger partial charge on any atom is 0.167 e. The zero-order chi connectivity index (χ0) is 37.5. The summed E-state index contributed by atoms with van der Waals surface area (Å²) >= 11 is 3.74. The summed E-state index contributed by atoms with van der Waals surface area (Å²) in [4.78, 5) is 15.0. The molecule has 0 saturated carbocycles. The number of hydrogen-bond acceptors (Lipinski definition) is 6. The second kappa shape index (κ2) is 12.8. The summed E-state index contributed by atoms with van der Waals surface area (Å²) in [5.74, 6) is 1.81. The molecule has 4 heterocycles. The van der Waals surface area contributed by atoms with Crippen LogP contribution >= 0.6 is 22.7 Å². The zero-order valence-electron chi connectivity index (χ0n) is 30.3. The third-order valence-electron chi connectivity index (χ3n) is 11.0. The average molecular weight is 764 g/mol. The molecule has 57 heavy (non-hydrogen) atoms. The highest BCUT2D eigenvalue weighted by molar-refractivity contribution is 7.27. The maximum atomic E-state index is 6.85. The van der Waals surface area contributed by atoms with Crippen LogP contribution in [0, 0.1) is 0 Å². The summed E-state index contributed by atoms with van der Waals surface area (Å²) in [7, 11) is 0. The van der Waals surface area contributed by atoms with E-state index >= 15 is 0 Å². The molecule has 0 spiro atoms. The first-order valence-electron chi connectivity index (χ1n) is 18.9. The van der Waals surface area contributed by atoms with Crippen molar-refractivity contribution in [2.45, 2.75) is 0 Å². The predicted octanol–water partition coefficient (Wildman–Crippen LogP) is 14.8. The number of fused-ring (bicyclic) bond motifs is 9. The van der Waals surface area contributed by atoms with E-state index in [0.717, 1.165) is 44.2 Å². The molecular weight excluding hydrogens is 735 g/mol. The molecule has 0 N–H and O–H groups in total. The first kappa shape index (κ1) is 32.3. The van der Waals surface area contributed by atoms with Crippen molar-refractivity contribution in [1.29, 1.82) is 0 Å². The van der Waals surface area contributed by atoms with Crippen LogP contribution in [0.15, 0.2) is 180 Å². The van der Waals surface area contributed by atoms with Crippen molar-refractivity contribution in [2.75, 3.05) is 0 Å². The highest BCUT2D eigenvalue weighted by Crippen LogP contribution is 2.48. The monoisotopic (exact) mass is 763 g/mol. The van der Waals surface area contributed by atoms with E-state index in [1.54, 1.807) is 0 Å². The Morgan fingerprint density at radius 2 is 0.930 bits per heavy atom. The molecule has 266 valence electrons. The second-order valence-corrected chi connectivity index (χ2v) is 16.4. The van der Waals surface area contributed by atoms with Gasteiger partial charge in [0.15, 0.2) is 17.5 Å². The lowest BCUT2D eigenvalue weighted by Crippen LogP contribution is -2.00. The molecule has 0 fully saturated rings. The van der Waals surface area contributed by atoms with E-state index in [9.17, 15) is 0 Å². The van der Waals surface area contributed by atoms with Crippen LogP contribution in [-0.2, 0) is 0 Å². The summed E-state index contributed by atoms with van der Waals surface area (Å²) in [5, 5.41) is 7.25. The van der Waals surface area contributed by atoms with Crippen LogP contribution in [0.5, 0.6) is 0 Å². The lowest BCUT2D eigenvalue weighted by Gasteiger charge is -2.11. The van der Waals surface area contributed by atoms with Gasteiger partial charge in [0.25, 0.3) is 0 Å². The fourth-order valence-electron chi connectivity index (χ4n) is 8.35. The van der Waals surface area contributed by atoms with Crippen molar-refractivity contribution < 1.29 is 4.42 Å². The van der Waals surface area contributed by atoms with Crippen molar-refractivity contribution in [3.63, 3.8) is 0 Å². The van der Waals surface area contributed by atoms with Gasteiger partial charge in [-0.15, -0.1) is 22.7 Å². The minimum absolute atomic E-state index is 0.572. The van der Waals surface area contributed by atoms with Gasteiger partial charge in [0.05, 0.1) is 5.56 Å². The maximum absolute atomic E-state index is 6.85. The number of rotatable bonds is 5. The fourth-order valence-corrected chi connectivity index (χ4v) is 10.7. The quantitative estimate of drug-likeness (QED) is 0.175. The van der Waals surface area contributed by atoms with Crippen LogP contribution < -0.4 is 0 Å². The summed E-state index contributed by atoms with van der Waals surface area (Å²) < 4.78 is 12.0. The van der Waals surface area contributed by atoms with E-state index in [1.807, 2.05) is 89.4 Å². The summed E-state index contributed by atoms with van der Waals surface area (Å²) in [6.45, 7) is 0. The van der Waals surface area contributed by atoms with E-state index in [-0.39, 0.29) is 0 Å². The van der Waals surface area contributed by atoms with E-state index in [1.165, 1.54) is 57.0 Å². The number of aromatic nitrogens is 3. The highest BCUT2D eigenvalue weighted by Gasteiger charge is 2.21. The van der Waals surface area contributed by atoms with Gasteiger partial charge in [0.1, 0.15) is 11.2 Å². The first-order valence-corrected chi connectivity index (χ1v) is 20.6. The molecule has 0 aliphatic heterocycles. The first-order chi connectivity index (χ1) is 28.2.